The number of anilines is 1. The fourth-order valence-corrected chi connectivity index (χ4v) is 2.63. The average molecular weight is 295 g/mol. The molecule has 0 atom stereocenters. The van der Waals surface area contributed by atoms with Gasteiger partial charge in [-0.1, -0.05) is 18.2 Å². The summed E-state index contributed by atoms with van der Waals surface area (Å²) in [6.07, 6.45) is 5.13. The van der Waals surface area contributed by atoms with Crippen LogP contribution in [0.25, 0.3) is 0 Å². The Hall–Kier alpha value is -2.69. The molecule has 0 saturated carbocycles. The summed E-state index contributed by atoms with van der Waals surface area (Å²) in [6, 6.07) is 11.4. The first-order chi connectivity index (χ1) is 10.8. The van der Waals surface area contributed by atoms with Gasteiger partial charge in [0.25, 0.3) is 0 Å². The van der Waals surface area contributed by atoms with Crippen molar-refractivity contribution >= 4 is 17.5 Å². The molecule has 1 N–H and O–H groups in total. The van der Waals surface area contributed by atoms with Crippen LogP contribution in [0.4, 0.5) is 5.69 Å². The van der Waals surface area contributed by atoms with Crippen LogP contribution in [-0.2, 0) is 22.6 Å². The Morgan fingerprint density at radius 2 is 1.91 bits per heavy atom. The van der Waals surface area contributed by atoms with E-state index < -0.39 is 11.8 Å². The van der Waals surface area contributed by atoms with Crippen molar-refractivity contribution in [2.75, 3.05) is 11.4 Å². The fraction of sp³-hybridized carbons (Fsp3) is 0.235. The molecular formula is C17H17N3O2. The van der Waals surface area contributed by atoms with Crippen molar-refractivity contribution in [1.29, 1.82) is 0 Å². The fourth-order valence-electron chi connectivity index (χ4n) is 2.63. The van der Waals surface area contributed by atoms with Crippen LogP contribution in [0.5, 0.6) is 0 Å². The van der Waals surface area contributed by atoms with Gasteiger partial charge in [-0.15, -0.1) is 0 Å². The second kappa shape index (κ2) is 6.39. The molecule has 1 aliphatic heterocycles. The molecule has 5 heteroatoms. The lowest BCUT2D eigenvalue weighted by atomic mass is 10.0. The van der Waals surface area contributed by atoms with Gasteiger partial charge >= 0.3 is 11.8 Å². The topological polar surface area (TPSA) is 62.3 Å². The lowest BCUT2D eigenvalue weighted by Crippen LogP contribution is -2.45. The van der Waals surface area contributed by atoms with Gasteiger partial charge < -0.3 is 10.2 Å². The number of nitrogens with one attached hydrogen (secondary N) is 1. The van der Waals surface area contributed by atoms with E-state index in [1.165, 1.54) is 0 Å². The zero-order chi connectivity index (χ0) is 15.4. The minimum atomic E-state index is -0.575. The molecule has 0 spiro atoms. The zero-order valence-corrected chi connectivity index (χ0v) is 12.2. The number of pyridine rings is 1. The molecule has 0 bridgehead atoms. The number of carbonyl (C=O) groups excluding carboxylic acids is 2. The third-order valence-electron chi connectivity index (χ3n) is 3.75. The number of aromatic nitrogens is 1. The van der Waals surface area contributed by atoms with Crippen molar-refractivity contribution in [3.8, 4) is 0 Å². The predicted octanol–water partition coefficient (Wildman–Crippen LogP) is 1.68. The van der Waals surface area contributed by atoms with Crippen molar-refractivity contribution in [2.24, 2.45) is 0 Å². The maximum Gasteiger partial charge on any atom is 0.316 e. The number of hydrogen-bond acceptors (Lipinski definition) is 3. The Kier molecular flexibility index (Phi) is 4.14. The van der Waals surface area contributed by atoms with Crippen molar-refractivity contribution < 1.29 is 9.59 Å². The van der Waals surface area contributed by atoms with E-state index >= 15 is 0 Å². The molecule has 5 nitrogen and oxygen atoms in total. The van der Waals surface area contributed by atoms with E-state index in [1.807, 2.05) is 24.3 Å². The van der Waals surface area contributed by atoms with E-state index in [9.17, 15) is 9.59 Å². The molecule has 0 saturated heterocycles. The molecule has 2 heterocycles. The van der Waals surface area contributed by atoms with Gasteiger partial charge in [-0.05, 0) is 42.2 Å². The molecule has 22 heavy (non-hydrogen) atoms. The lowest BCUT2D eigenvalue weighted by molar-refractivity contribution is -0.137. The van der Waals surface area contributed by atoms with Gasteiger partial charge in [0, 0.05) is 31.2 Å². The third-order valence-corrected chi connectivity index (χ3v) is 3.75. The Bertz CT molecular complexity index is 685. The van der Waals surface area contributed by atoms with Crippen LogP contribution in [0.15, 0.2) is 48.8 Å². The molecule has 0 fully saturated rings. The van der Waals surface area contributed by atoms with E-state index in [2.05, 4.69) is 10.3 Å². The molecule has 0 radical (unpaired) electrons. The minimum absolute atomic E-state index is 0.322. The van der Waals surface area contributed by atoms with Gasteiger partial charge in [0.15, 0.2) is 0 Å². The van der Waals surface area contributed by atoms with Crippen molar-refractivity contribution in [2.45, 2.75) is 19.4 Å². The zero-order valence-electron chi connectivity index (χ0n) is 12.2. The van der Waals surface area contributed by atoms with Crippen LogP contribution in [0, 0.1) is 0 Å². The maximum absolute atomic E-state index is 12.4. The SMILES string of the molecule is O=C(NCc1ccncc1)C(=O)N1CCCc2ccccc21. The van der Waals surface area contributed by atoms with Crippen LogP contribution in [0.3, 0.4) is 0 Å². The highest BCUT2D eigenvalue weighted by Crippen LogP contribution is 2.26. The number of carbonyl (C=O) groups is 2. The predicted molar refractivity (Wildman–Crippen MR) is 83.2 cm³/mol. The van der Waals surface area contributed by atoms with E-state index in [4.69, 9.17) is 0 Å². The molecule has 0 unspecified atom stereocenters. The Morgan fingerprint density at radius 1 is 1.14 bits per heavy atom. The highest BCUT2D eigenvalue weighted by atomic mass is 16.2. The van der Waals surface area contributed by atoms with Gasteiger partial charge in [-0.25, -0.2) is 0 Å². The smallest absolute Gasteiger partial charge is 0.316 e. The maximum atomic E-state index is 12.4. The monoisotopic (exact) mass is 295 g/mol. The van der Waals surface area contributed by atoms with Crippen molar-refractivity contribution in [3.05, 3.63) is 59.9 Å². The summed E-state index contributed by atoms with van der Waals surface area (Å²) in [6.45, 7) is 0.904. The summed E-state index contributed by atoms with van der Waals surface area (Å²) >= 11 is 0. The normalized spacial score (nSPS) is 13.4. The number of fused-ring (bicyclic) bond motifs is 1. The first-order valence-electron chi connectivity index (χ1n) is 7.32. The Labute approximate surface area is 129 Å². The average Bonchev–Trinajstić information content (AvgIpc) is 2.59. The van der Waals surface area contributed by atoms with Gasteiger partial charge in [0.2, 0.25) is 0 Å². The molecule has 2 amide bonds. The standard InChI is InChI=1S/C17H17N3O2/c21-16(19-12-13-7-9-18-10-8-13)17(22)20-11-3-5-14-4-1-2-6-15(14)20/h1-2,4,6-10H,3,5,11-12H2,(H,19,21). The van der Waals surface area contributed by atoms with Gasteiger partial charge in [-0.2, -0.15) is 0 Å². The van der Waals surface area contributed by atoms with Gasteiger partial charge in [0.05, 0.1) is 0 Å². The summed E-state index contributed by atoms with van der Waals surface area (Å²) in [7, 11) is 0. The number of nitrogens with zero attached hydrogens (tertiary/aromatic N) is 2. The molecule has 1 aromatic heterocycles. The first kappa shape index (κ1) is 14.3. The van der Waals surface area contributed by atoms with E-state index in [1.54, 1.807) is 29.4 Å². The van der Waals surface area contributed by atoms with Crippen molar-refractivity contribution in [1.82, 2.24) is 10.3 Å². The molecule has 0 aliphatic carbocycles. The van der Waals surface area contributed by atoms with Crippen LogP contribution in [0.2, 0.25) is 0 Å². The molecule has 1 aromatic carbocycles. The summed E-state index contributed by atoms with van der Waals surface area (Å²) < 4.78 is 0. The summed E-state index contributed by atoms with van der Waals surface area (Å²) in [4.78, 5) is 30.0. The Balaban J connectivity index is 1.68. The van der Waals surface area contributed by atoms with Gasteiger partial charge in [0.1, 0.15) is 0 Å². The number of hydrogen-bond donors (Lipinski definition) is 1. The van der Waals surface area contributed by atoms with E-state index in [0.29, 0.717) is 13.1 Å². The summed E-state index contributed by atoms with van der Waals surface area (Å²) in [5.74, 6) is -1.07. The number of rotatable bonds is 2. The first-order valence-corrected chi connectivity index (χ1v) is 7.32. The van der Waals surface area contributed by atoms with Crippen LogP contribution in [0.1, 0.15) is 17.5 Å². The summed E-state index contributed by atoms with van der Waals surface area (Å²) in [5, 5.41) is 2.67. The van der Waals surface area contributed by atoms with Crippen molar-refractivity contribution in [3.63, 3.8) is 0 Å². The third kappa shape index (κ3) is 2.98. The molecule has 2 aromatic rings. The molecule has 3 rings (SSSR count). The van der Waals surface area contributed by atoms with Crippen LogP contribution in [-0.4, -0.2) is 23.3 Å². The van der Waals surface area contributed by atoms with Crippen LogP contribution >= 0.6 is 0 Å². The number of para-hydroxylation sites is 1. The second-order valence-electron chi connectivity index (χ2n) is 5.23. The summed E-state index contributed by atoms with van der Waals surface area (Å²) in [5.41, 5.74) is 2.87. The molecule has 112 valence electrons. The minimum Gasteiger partial charge on any atom is -0.344 e. The quantitative estimate of drug-likeness (QED) is 0.857. The van der Waals surface area contributed by atoms with E-state index in [-0.39, 0.29) is 0 Å². The molecule has 1 aliphatic rings. The lowest BCUT2D eigenvalue weighted by Gasteiger charge is -2.28. The van der Waals surface area contributed by atoms with Crippen LogP contribution < -0.4 is 10.2 Å². The number of benzene rings is 1. The van der Waals surface area contributed by atoms with Gasteiger partial charge in [-0.3, -0.25) is 14.6 Å². The van der Waals surface area contributed by atoms with E-state index in [0.717, 1.165) is 29.7 Å². The number of aryl methyl sites for hydroxylation is 1. The molecular weight excluding hydrogens is 278 g/mol. The highest BCUT2D eigenvalue weighted by molar-refractivity contribution is 6.40. The highest BCUT2D eigenvalue weighted by Gasteiger charge is 2.26. The largest absolute Gasteiger partial charge is 0.344 e. The number of amides is 2. The Morgan fingerprint density at radius 3 is 2.73 bits per heavy atom. The second-order valence-corrected chi connectivity index (χ2v) is 5.23.